The lowest BCUT2D eigenvalue weighted by atomic mass is 10.2. The van der Waals surface area contributed by atoms with Crippen LogP contribution in [0.2, 0.25) is 0 Å². The molecule has 0 bridgehead atoms. The third-order valence-corrected chi connectivity index (χ3v) is 5.37. The minimum Gasteiger partial charge on any atom is -0.494 e. The van der Waals surface area contributed by atoms with Crippen molar-refractivity contribution in [2.45, 2.75) is 20.3 Å². The van der Waals surface area contributed by atoms with Crippen molar-refractivity contribution in [3.8, 4) is 28.6 Å². The minimum atomic E-state index is 0.250. The van der Waals surface area contributed by atoms with Crippen LogP contribution in [-0.2, 0) is 6.42 Å². The van der Waals surface area contributed by atoms with Crippen molar-refractivity contribution in [1.29, 1.82) is 0 Å². The van der Waals surface area contributed by atoms with Crippen LogP contribution >= 0.6 is 11.9 Å². The molecule has 0 atom stereocenters. The molecule has 0 saturated carbocycles. The van der Waals surface area contributed by atoms with E-state index in [2.05, 4.69) is 29.9 Å². The molecule has 0 saturated heterocycles. The Morgan fingerprint density at radius 2 is 1.69 bits per heavy atom. The average molecular weight is 496 g/mol. The Kier molecular flexibility index (Phi) is 9.81. The zero-order valence-corrected chi connectivity index (χ0v) is 21.0. The van der Waals surface area contributed by atoms with E-state index in [4.69, 9.17) is 14.6 Å². The molecule has 3 aromatic heterocycles. The normalized spacial score (nSPS) is 10.3. The van der Waals surface area contributed by atoms with Crippen LogP contribution in [0.4, 0.5) is 5.95 Å². The number of nitrogens with one attached hydrogen (secondary N) is 1. The summed E-state index contributed by atoms with van der Waals surface area (Å²) in [5.41, 5.74) is 2.56. The third-order valence-electron chi connectivity index (χ3n) is 4.63. The number of anilines is 1. The van der Waals surface area contributed by atoms with Gasteiger partial charge >= 0.3 is 0 Å². The molecule has 0 radical (unpaired) electrons. The molecule has 0 aliphatic rings. The second-order valence-electron chi connectivity index (χ2n) is 7.13. The van der Waals surface area contributed by atoms with Crippen molar-refractivity contribution in [1.82, 2.24) is 29.7 Å². The molecule has 35 heavy (non-hydrogen) atoms. The lowest BCUT2D eigenvalue weighted by molar-refractivity contribution is 0.318. The number of methoxy groups -OCH3 is 2. The molecular formula is C24H29N7O3S. The van der Waals surface area contributed by atoms with Crippen LogP contribution in [0.15, 0.2) is 55.1 Å². The maximum absolute atomic E-state index is 7.57. The molecule has 11 heteroatoms. The van der Waals surface area contributed by atoms with Gasteiger partial charge in [-0.2, -0.15) is 0 Å². The number of benzene rings is 1. The zero-order chi connectivity index (χ0) is 25.0. The minimum absolute atomic E-state index is 0.250. The van der Waals surface area contributed by atoms with Gasteiger partial charge in [-0.3, -0.25) is 14.3 Å². The Hall–Kier alpha value is -3.70. The van der Waals surface area contributed by atoms with Gasteiger partial charge in [-0.25, -0.2) is 9.97 Å². The molecule has 3 heterocycles. The standard InChI is InChI=1S/C22H23N7O2S.C2H6O/c1-15-12-24-19(25-13-15)9-11-32-28-22-27-26-21(16-6-5-10-23-14-16)29(22)20-17(30-2)7-4-8-18(20)31-3;1-2-3/h4-8,10,12-14H,9,11H2,1-3H3,(H,27,28);3H,2H2,1H3. The Morgan fingerprint density at radius 1 is 1.00 bits per heavy atom. The molecule has 10 nitrogen and oxygen atoms in total. The second kappa shape index (κ2) is 13.3. The van der Waals surface area contributed by atoms with Gasteiger partial charge in [-0.15, -0.1) is 10.2 Å². The van der Waals surface area contributed by atoms with Gasteiger partial charge in [0.05, 0.1) is 14.2 Å². The summed E-state index contributed by atoms with van der Waals surface area (Å²) in [6, 6.07) is 9.41. The van der Waals surface area contributed by atoms with Crippen LogP contribution in [0, 0.1) is 6.92 Å². The number of hydrogen-bond acceptors (Lipinski definition) is 10. The molecule has 0 fully saturated rings. The summed E-state index contributed by atoms with van der Waals surface area (Å²) in [5, 5.41) is 16.4. The Balaban J connectivity index is 0.00000108. The lowest BCUT2D eigenvalue weighted by Gasteiger charge is -2.17. The number of para-hydroxylation sites is 1. The van der Waals surface area contributed by atoms with Crippen molar-refractivity contribution >= 4 is 17.9 Å². The van der Waals surface area contributed by atoms with E-state index in [0.29, 0.717) is 29.0 Å². The van der Waals surface area contributed by atoms with Gasteiger partial charge in [0.25, 0.3) is 0 Å². The van der Waals surface area contributed by atoms with E-state index in [1.54, 1.807) is 33.5 Å². The topological polar surface area (TPSA) is 120 Å². The first kappa shape index (κ1) is 25.9. The summed E-state index contributed by atoms with van der Waals surface area (Å²) in [4.78, 5) is 12.9. The van der Waals surface area contributed by atoms with Crippen molar-refractivity contribution in [3.63, 3.8) is 0 Å². The van der Waals surface area contributed by atoms with Crippen LogP contribution in [0.5, 0.6) is 11.5 Å². The summed E-state index contributed by atoms with van der Waals surface area (Å²) in [7, 11) is 3.24. The molecule has 4 rings (SSSR count). The predicted octanol–water partition coefficient (Wildman–Crippen LogP) is 3.75. The Bertz CT molecular complexity index is 1170. The van der Waals surface area contributed by atoms with E-state index in [1.165, 1.54) is 11.9 Å². The Morgan fingerprint density at radius 3 is 2.29 bits per heavy atom. The lowest BCUT2D eigenvalue weighted by Crippen LogP contribution is -2.07. The molecule has 1 aromatic carbocycles. The van der Waals surface area contributed by atoms with Gasteiger partial charge in [-0.1, -0.05) is 6.07 Å². The van der Waals surface area contributed by atoms with Gasteiger partial charge in [0.1, 0.15) is 23.0 Å². The summed E-state index contributed by atoms with van der Waals surface area (Å²) in [6.07, 6.45) is 7.83. The van der Waals surface area contributed by atoms with Crippen molar-refractivity contribution in [2.24, 2.45) is 0 Å². The number of rotatable bonds is 9. The maximum Gasteiger partial charge on any atom is 0.239 e. The quantitative estimate of drug-likeness (QED) is 0.262. The SMILES string of the molecule is CCO.COc1cccc(OC)c1-n1c(NSCCc2ncc(C)cn2)nnc1-c1cccnc1. The first-order valence-electron chi connectivity index (χ1n) is 11.0. The number of aliphatic hydroxyl groups excluding tert-OH is 1. The maximum atomic E-state index is 7.57. The fraction of sp³-hybridized carbons (Fsp3) is 0.292. The summed E-state index contributed by atoms with van der Waals surface area (Å²) < 4.78 is 16.4. The predicted molar refractivity (Wildman–Crippen MR) is 137 cm³/mol. The summed E-state index contributed by atoms with van der Waals surface area (Å²) >= 11 is 1.50. The molecule has 0 aliphatic carbocycles. The highest BCUT2D eigenvalue weighted by molar-refractivity contribution is 8.00. The summed E-state index contributed by atoms with van der Waals surface area (Å²) in [5.74, 6) is 3.98. The van der Waals surface area contributed by atoms with Crippen molar-refractivity contribution in [2.75, 3.05) is 31.3 Å². The smallest absolute Gasteiger partial charge is 0.239 e. The van der Waals surface area contributed by atoms with Crippen molar-refractivity contribution < 1.29 is 14.6 Å². The van der Waals surface area contributed by atoms with Gasteiger partial charge in [0.15, 0.2) is 5.82 Å². The van der Waals surface area contributed by atoms with E-state index in [0.717, 1.165) is 29.1 Å². The van der Waals surface area contributed by atoms with Crippen LogP contribution in [0.3, 0.4) is 0 Å². The van der Waals surface area contributed by atoms with E-state index < -0.39 is 0 Å². The highest BCUT2D eigenvalue weighted by Gasteiger charge is 2.22. The molecule has 184 valence electrons. The van der Waals surface area contributed by atoms with Gasteiger partial charge < -0.3 is 14.6 Å². The molecule has 4 aromatic rings. The largest absolute Gasteiger partial charge is 0.494 e. The fourth-order valence-electron chi connectivity index (χ4n) is 3.10. The first-order chi connectivity index (χ1) is 17.1. The number of hydrogen-bond donors (Lipinski definition) is 2. The molecule has 0 unspecified atom stereocenters. The van der Waals surface area contributed by atoms with E-state index >= 15 is 0 Å². The number of aliphatic hydroxyl groups is 1. The molecule has 0 aliphatic heterocycles. The first-order valence-corrected chi connectivity index (χ1v) is 11.9. The molecule has 0 spiro atoms. The number of ether oxygens (including phenoxy) is 2. The highest BCUT2D eigenvalue weighted by Crippen LogP contribution is 2.37. The number of aryl methyl sites for hydroxylation is 2. The number of pyridine rings is 1. The summed E-state index contributed by atoms with van der Waals surface area (Å²) in [6.45, 7) is 3.90. The van der Waals surface area contributed by atoms with Crippen LogP contribution < -0.4 is 14.2 Å². The third kappa shape index (κ3) is 6.67. The second-order valence-corrected chi connectivity index (χ2v) is 8.03. The van der Waals surface area contributed by atoms with Crippen LogP contribution in [-0.4, -0.2) is 61.4 Å². The molecular weight excluding hydrogens is 466 g/mol. The van der Waals surface area contributed by atoms with Gasteiger partial charge in [0.2, 0.25) is 5.95 Å². The van der Waals surface area contributed by atoms with Gasteiger partial charge in [-0.05, 0) is 55.6 Å². The highest BCUT2D eigenvalue weighted by atomic mass is 32.2. The van der Waals surface area contributed by atoms with E-state index in [-0.39, 0.29) is 6.61 Å². The average Bonchev–Trinajstić information content (AvgIpc) is 3.31. The van der Waals surface area contributed by atoms with Gasteiger partial charge in [0, 0.05) is 49.1 Å². The van der Waals surface area contributed by atoms with Crippen molar-refractivity contribution in [3.05, 3.63) is 66.5 Å². The Labute approximate surface area is 208 Å². The van der Waals surface area contributed by atoms with E-state index in [1.807, 2.05) is 54.2 Å². The van der Waals surface area contributed by atoms with E-state index in [9.17, 15) is 0 Å². The van der Waals surface area contributed by atoms with Crippen LogP contribution in [0.25, 0.3) is 17.1 Å². The zero-order valence-electron chi connectivity index (χ0n) is 20.2. The number of aromatic nitrogens is 6. The molecule has 2 N–H and O–H groups in total. The molecule has 0 amide bonds. The monoisotopic (exact) mass is 495 g/mol. The fourth-order valence-corrected chi connectivity index (χ4v) is 3.75. The number of nitrogens with zero attached hydrogens (tertiary/aromatic N) is 6. The van der Waals surface area contributed by atoms with Crippen LogP contribution in [0.1, 0.15) is 18.3 Å².